The Bertz CT molecular complexity index is 530. The second kappa shape index (κ2) is 4.33. The highest BCUT2D eigenvalue weighted by atomic mass is 16.3. The number of rotatable bonds is 2. The van der Waals surface area contributed by atoms with Gasteiger partial charge in [-0.1, -0.05) is 6.08 Å². The van der Waals surface area contributed by atoms with Crippen LogP contribution in [0.2, 0.25) is 0 Å². The Labute approximate surface area is 99.4 Å². The molecule has 17 heavy (non-hydrogen) atoms. The number of Topliss-reactive ketones (excluding diaryl/α,β-unsaturated/α-hetero) is 1. The third kappa shape index (κ3) is 2.47. The molecule has 2 rings (SSSR count). The number of nitrogen functional groups attached to an aromatic ring is 1. The van der Waals surface area contributed by atoms with E-state index >= 15 is 0 Å². The zero-order chi connectivity index (χ0) is 12.4. The summed E-state index contributed by atoms with van der Waals surface area (Å²) in [7, 11) is 0. The molecule has 1 aliphatic carbocycles. The van der Waals surface area contributed by atoms with Gasteiger partial charge in [-0.05, 0) is 30.7 Å². The van der Waals surface area contributed by atoms with Crippen LogP contribution in [0.1, 0.15) is 13.3 Å². The molecule has 0 spiro atoms. The van der Waals surface area contributed by atoms with Gasteiger partial charge in [0.2, 0.25) is 0 Å². The molecule has 0 saturated carbocycles. The fraction of sp³-hybridized carbons (Fsp3) is 0.154. The van der Waals surface area contributed by atoms with Crippen molar-refractivity contribution in [1.29, 1.82) is 0 Å². The van der Waals surface area contributed by atoms with Crippen molar-refractivity contribution in [2.24, 2.45) is 0 Å². The van der Waals surface area contributed by atoms with Crippen molar-refractivity contribution in [2.75, 3.05) is 11.1 Å². The molecule has 0 radical (unpaired) electrons. The van der Waals surface area contributed by atoms with Crippen LogP contribution < -0.4 is 11.1 Å². The quantitative estimate of drug-likeness (QED) is 0.537. The molecular formula is C13H14N2O2. The molecule has 1 aromatic rings. The van der Waals surface area contributed by atoms with E-state index in [2.05, 4.69) is 5.32 Å². The van der Waals surface area contributed by atoms with Crippen LogP contribution in [0, 0.1) is 0 Å². The third-order valence-electron chi connectivity index (χ3n) is 2.66. The van der Waals surface area contributed by atoms with Gasteiger partial charge in [-0.2, -0.15) is 0 Å². The first-order valence-corrected chi connectivity index (χ1v) is 5.32. The van der Waals surface area contributed by atoms with Crippen molar-refractivity contribution in [3.05, 3.63) is 41.6 Å². The van der Waals surface area contributed by atoms with E-state index in [0.29, 0.717) is 17.8 Å². The standard InChI is InChI=1S/C13H14N2O2/c1-8-2-3-9(6-13(8)17)15-12-7-10(16)4-5-11(12)14/h2-5,7,15-16H,6,14H2,1H3. The average Bonchev–Trinajstić information content (AvgIpc) is 2.29. The van der Waals surface area contributed by atoms with Gasteiger partial charge in [-0.3, -0.25) is 4.79 Å². The maximum atomic E-state index is 11.5. The van der Waals surface area contributed by atoms with Crippen LogP contribution in [0.3, 0.4) is 0 Å². The molecule has 4 heteroatoms. The van der Waals surface area contributed by atoms with E-state index in [1.54, 1.807) is 19.1 Å². The number of phenols is 1. The Balaban J connectivity index is 2.22. The predicted octanol–water partition coefficient (Wildman–Crippen LogP) is 2.19. The number of phenolic OH excluding ortho intramolecular Hbond substituents is 1. The van der Waals surface area contributed by atoms with E-state index in [0.717, 1.165) is 11.3 Å². The van der Waals surface area contributed by atoms with E-state index in [9.17, 15) is 9.90 Å². The van der Waals surface area contributed by atoms with Crippen LogP contribution in [0.15, 0.2) is 41.6 Å². The van der Waals surface area contributed by atoms with Gasteiger partial charge in [-0.25, -0.2) is 0 Å². The summed E-state index contributed by atoms with van der Waals surface area (Å²) < 4.78 is 0. The van der Waals surface area contributed by atoms with Gasteiger partial charge in [0.05, 0.1) is 17.8 Å². The van der Waals surface area contributed by atoms with E-state index < -0.39 is 0 Å². The molecule has 88 valence electrons. The summed E-state index contributed by atoms with van der Waals surface area (Å²) in [6.07, 6.45) is 3.95. The summed E-state index contributed by atoms with van der Waals surface area (Å²) >= 11 is 0. The van der Waals surface area contributed by atoms with E-state index in [1.165, 1.54) is 12.1 Å². The van der Waals surface area contributed by atoms with Crippen molar-refractivity contribution in [3.63, 3.8) is 0 Å². The summed E-state index contributed by atoms with van der Waals surface area (Å²) in [6.45, 7) is 1.79. The van der Waals surface area contributed by atoms with E-state index in [1.807, 2.05) is 6.08 Å². The summed E-state index contributed by atoms with van der Waals surface area (Å²) in [5.41, 5.74) is 8.43. The second-order valence-corrected chi connectivity index (χ2v) is 4.04. The summed E-state index contributed by atoms with van der Waals surface area (Å²) in [5, 5.41) is 12.4. The van der Waals surface area contributed by atoms with Crippen LogP contribution in [0.25, 0.3) is 0 Å². The molecule has 0 aliphatic heterocycles. The number of carbonyl (C=O) groups excluding carboxylic acids is 1. The minimum absolute atomic E-state index is 0.0914. The Morgan fingerprint density at radius 3 is 2.82 bits per heavy atom. The summed E-state index contributed by atoms with van der Waals surface area (Å²) in [4.78, 5) is 11.5. The number of carbonyl (C=O) groups is 1. The SMILES string of the molecule is CC1=CC=C(Nc2cc(O)ccc2N)CC1=O. The number of nitrogens with one attached hydrogen (secondary N) is 1. The zero-order valence-corrected chi connectivity index (χ0v) is 9.53. The number of benzene rings is 1. The largest absolute Gasteiger partial charge is 0.508 e. The lowest BCUT2D eigenvalue weighted by Gasteiger charge is -2.15. The highest BCUT2D eigenvalue weighted by molar-refractivity contribution is 5.98. The Kier molecular flexibility index (Phi) is 2.87. The molecule has 0 unspecified atom stereocenters. The fourth-order valence-corrected chi connectivity index (χ4v) is 1.60. The molecule has 0 bridgehead atoms. The second-order valence-electron chi connectivity index (χ2n) is 4.04. The fourth-order valence-electron chi connectivity index (χ4n) is 1.60. The van der Waals surface area contributed by atoms with E-state index in [-0.39, 0.29) is 11.5 Å². The zero-order valence-electron chi connectivity index (χ0n) is 9.53. The predicted molar refractivity (Wildman–Crippen MR) is 67.6 cm³/mol. The van der Waals surface area contributed by atoms with Crippen LogP contribution >= 0.6 is 0 Å². The lowest BCUT2D eigenvalue weighted by atomic mass is 10.0. The Morgan fingerprint density at radius 1 is 1.35 bits per heavy atom. The van der Waals surface area contributed by atoms with Gasteiger partial charge in [0.1, 0.15) is 5.75 Å². The van der Waals surface area contributed by atoms with Gasteiger partial charge in [0.15, 0.2) is 5.78 Å². The van der Waals surface area contributed by atoms with E-state index in [4.69, 9.17) is 5.73 Å². The van der Waals surface area contributed by atoms with Crippen molar-refractivity contribution < 1.29 is 9.90 Å². The molecule has 0 heterocycles. The number of aromatic hydroxyl groups is 1. The number of ketones is 1. The van der Waals surface area contributed by atoms with Crippen molar-refractivity contribution in [1.82, 2.24) is 0 Å². The van der Waals surface area contributed by atoms with Crippen LogP contribution in [-0.2, 0) is 4.79 Å². The molecule has 0 atom stereocenters. The monoisotopic (exact) mass is 230 g/mol. The molecule has 4 nitrogen and oxygen atoms in total. The normalized spacial score (nSPS) is 15.2. The molecule has 0 aromatic heterocycles. The van der Waals surface area contributed by atoms with Crippen LogP contribution in [0.5, 0.6) is 5.75 Å². The molecule has 0 saturated heterocycles. The number of anilines is 2. The molecule has 4 N–H and O–H groups in total. The Hall–Kier alpha value is -2.23. The van der Waals surface area contributed by atoms with Crippen LogP contribution in [0.4, 0.5) is 11.4 Å². The van der Waals surface area contributed by atoms with Crippen molar-refractivity contribution in [3.8, 4) is 5.75 Å². The van der Waals surface area contributed by atoms with Gasteiger partial charge < -0.3 is 16.2 Å². The summed E-state index contributed by atoms with van der Waals surface area (Å²) in [6, 6.07) is 4.67. The van der Waals surface area contributed by atoms with Crippen molar-refractivity contribution >= 4 is 17.2 Å². The van der Waals surface area contributed by atoms with Gasteiger partial charge >= 0.3 is 0 Å². The maximum Gasteiger partial charge on any atom is 0.164 e. The topological polar surface area (TPSA) is 75.3 Å². The van der Waals surface area contributed by atoms with Gasteiger partial charge in [-0.15, -0.1) is 0 Å². The Morgan fingerprint density at radius 2 is 2.12 bits per heavy atom. The molecule has 0 amide bonds. The minimum Gasteiger partial charge on any atom is -0.508 e. The lowest BCUT2D eigenvalue weighted by Crippen LogP contribution is -2.11. The van der Waals surface area contributed by atoms with Gasteiger partial charge in [0.25, 0.3) is 0 Å². The molecular weight excluding hydrogens is 216 g/mol. The first-order chi connectivity index (χ1) is 8.06. The number of allylic oxidation sites excluding steroid dienone is 4. The first-order valence-electron chi connectivity index (χ1n) is 5.32. The number of hydrogen-bond acceptors (Lipinski definition) is 4. The molecule has 0 fully saturated rings. The summed E-state index contributed by atoms with van der Waals surface area (Å²) in [5.74, 6) is 0.227. The third-order valence-corrected chi connectivity index (χ3v) is 2.66. The molecule has 1 aromatic carbocycles. The molecule has 1 aliphatic rings. The minimum atomic E-state index is 0.0914. The number of nitrogens with two attached hydrogens (primary N) is 1. The van der Waals surface area contributed by atoms with Gasteiger partial charge in [0, 0.05) is 11.8 Å². The lowest BCUT2D eigenvalue weighted by molar-refractivity contribution is -0.115. The smallest absolute Gasteiger partial charge is 0.164 e. The van der Waals surface area contributed by atoms with Crippen LogP contribution in [-0.4, -0.2) is 10.9 Å². The van der Waals surface area contributed by atoms with Crippen molar-refractivity contribution in [2.45, 2.75) is 13.3 Å². The maximum absolute atomic E-state index is 11.5. The highest BCUT2D eigenvalue weighted by Crippen LogP contribution is 2.26. The average molecular weight is 230 g/mol. The highest BCUT2D eigenvalue weighted by Gasteiger charge is 2.13. The number of hydrogen-bond donors (Lipinski definition) is 3. The first kappa shape index (κ1) is 11.3.